The van der Waals surface area contributed by atoms with Gasteiger partial charge >= 0.3 is 6.09 Å². The van der Waals surface area contributed by atoms with Gasteiger partial charge in [-0.2, -0.15) is 0 Å². The normalized spacial score (nSPS) is 18.6. The summed E-state index contributed by atoms with van der Waals surface area (Å²) < 4.78 is 11.4. The molecule has 2 heterocycles. The van der Waals surface area contributed by atoms with E-state index in [-0.39, 0.29) is 24.0 Å². The summed E-state index contributed by atoms with van der Waals surface area (Å²) in [5.41, 5.74) is 0.790. The molecular formula is C23H24N2O5. The summed E-state index contributed by atoms with van der Waals surface area (Å²) in [4.78, 5) is 40.2. The molecule has 30 heavy (non-hydrogen) atoms. The molecule has 4 rings (SSSR count). The molecule has 2 aliphatic rings. The van der Waals surface area contributed by atoms with Gasteiger partial charge in [0.2, 0.25) is 0 Å². The lowest BCUT2D eigenvalue weighted by atomic mass is 10.1. The third kappa shape index (κ3) is 3.87. The van der Waals surface area contributed by atoms with Crippen molar-refractivity contribution in [3.63, 3.8) is 0 Å². The van der Waals surface area contributed by atoms with E-state index in [2.05, 4.69) is 0 Å². The Bertz CT molecular complexity index is 958. The van der Waals surface area contributed by atoms with E-state index in [0.717, 1.165) is 0 Å². The quantitative estimate of drug-likeness (QED) is 0.721. The number of anilines is 1. The first kappa shape index (κ1) is 19.9. The lowest BCUT2D eigenvalue weighted by molar-refractivity contribution is 0.0275. The monoisotopic (exact) mass is 408 g/mol. The Labute approximate surface area is 175 Å². The SMILES string of the molecule is CC(C)(C)OC(=O)N1CCC(Oc2ccc(N3C(=O)c4ccccc4C3=O)cc2)C1. The average Bonchev–Trinajstić information content (AvgIpc) is 3.25. The summed E-state index contributed by atoms with van der Waals surface area (Å²) in [5.74, 6) is -0.0347. The first-order chi connectivity index (χ1) is 14.2. The highest BCUT2D eigenvalue weighted by atomic mass is 16.6. The molecule has 0 saturated carbocycles. The van der Waals surface area contributed by atoms with Gasteiger partial charge in [-0.1, -0.05) is 12.1 Å². The van der Waals surface area contributed by atoms with E-state index in [4.69, 9.17) is 9.47 Å². The molecule has 0 bridgehead atoms. The molecule has 0 aliphatic carbocycles. The maximum absolute atomic E-state index is 12.6. The van der Waals surface area contributed by atoms with Gasteiger partial charge in [-0.05, 0) is 57.2 Å². The Kier molecular flexibility index (Phi) is 4.97. The number of nitrogens with zero attached hydrogens (tertiary/aromatic N) is 2. The molecule has 3 amide bonds. The summed E-state index contributed by atoms with van der Waals surface area (Å²) in [5, 5.41) is 0. The highest BCUT2D eigenvalue weighted by Crippen LogP contribution is 2.30. The summed E-state index contributed by atoms with van der Waals surface area (Å²) >= 11 is 0. The van der Waals surface area contributed by atoms with Crippen molar-refractivity contribution in [2.24, 2.45) is 0 Å². The van der Waals surface area contributed by atoms with Crippen LogP contribution in [0, 0.1) is 0 Å². The van der Waals surface area contributed by atoms with Gasteiger partial charge in [0.1, 0.15) is 17.5 Å². The van der Waals surface area contributed by atoms with Crippen LogP contribution in [-0.2, 0) is 4.74 Å². The Morgan fingerprint density at radius 2 is 1.57 bits per heavy atom. The topological polar surface area (TPSA) is 76.2 Å². The number of carbonyl (C=O) groups is 3. The third-order valence-corrected chi connectivity index (χ3v) is 4.99. The predicted molar refractivity (Wildman–Crippen MR) is 111 cm³/mol. The molecule has 1 unspecified atom stereocenters. The maximum Gasteiger partial charge on any atom is 0.410 e. The smallest absolute Gasteiger partial charge is 0.410 e. The Morgan fingerprint density at radius 3 is 2.13 bits per heavy atom. The molecule has 1 fully saturated rings. The van der Waals surface area contributed by atoms with Crippen LogP contribution < -0.4 is 9.64 Å². The fourth-order valence-electron chi connectivity index (χ4n) is 3.61. The fourth-order valence-corrected chi connectivity index (χ4v) is 3.61. The second kappa shape index (κ2) is 7.48. The van der Waals surface area contributed by atoms with Gasteiger partial charge in [0, 0.05) is 13.0 Å². The largest absolute Gasteiger partial charge is 0.489 e. The number of benzene rings is 2. The standard InChI is InChI=1S/C23H24N2O5/c1-23(2,3)30-22(28)24-13-12-17(14-24)29-16-10-8-15(9-11-16)25-20(26)18-6-4-5-7-19(18)21(25)27/h4-11,17H,12-14H2,1-3H3. The van der Waals surface area contributed by atoms with Crippen molar-refractivity contribution in [3.8, 4) is 5.75 Å². The second-order valence-electron chi connectivity index (χ2n) is 8.44. The number of amides is 3. The molecule has 0 spiro atoms. The highest BCUT2D eigenvalue weighted by molar-refractivity contribution is 6.34. The third-order valence-electron chi connectivity index (χ3n) is 4.99. The molecule has 7 heteroatoms. The number of likely N-dealkylation sites (tertiary alicyclic amines) is 1. The van der Waals surface area contributed by atoms with Gasteiger partial charge in [-0.15, -0.1) is 0 Å². The van der Waals surface area contributed by atoms with Crippen LogP contribution in [0.1, 0.15) is 47.9 Å². The Morgan fingerprint density at radius 1 is 0.967 bits per heavy atom. The van der Waals surface area contributed by atoms with E-state index in [1.165, 1.54) is 4.90 Å². The molecule has 0 radical (unpaired) electrons. The van der Waals surface area contributed by atoms with Gasteiger partial charge < -0.3 is 14.4 Å². The molecular weight excluding hydrogens is 384 g/mol. The summed E-state index contributed by atoms with van der Waals surface area (Å²) in [6.07, 6.45) is 0.233. The maximum atomic E-state index is 12.6. The van der Waals surface area contributed by atoms with Crippen molar-refractivity contribution >= 4 is 23.6 Å². The first-order valence-corrected chi connectivity index (χ1v) is 9.95. The average molecular weight is 408 g/mol. The van der Waals surface area contributed by atoms with Crippen LogP contribution in [0.2, 0.25) is 0 Å². The Hall–Kier alpha value is -3.35. The second-order valence-corrected chi connectivity index (χ2v) is 8.44. The van der Waals surface area contributed by atoms with E-state index in [0.29, 0.717) is 42.1 Å². The van der Waals surface area contributed by atoms with Crippen LogP contribution in [0.15, 0.2) is 48.5 Å². The zero-order valence-corrected chi connectivity index (χ0v) is 17.3. The minimum absolute atomic E-state index is 0.136. The molecule has 0 N–H and O–H groups in total. The molecule has 1 atom stereocenters. The van der Waals surface area contributed by atoms with Gasteiger partial charge in [0.15, 0.2) is 0 Å². The van der Waals surface area contributed by atoms with Crippen molar-refractivity contribution < 1.29 is 23.9 Å². The Balaban J connectivity index is 1.39. The highest BCUT2D eigenvalue weighted by Gasteiger charge is 2.36. The molecule has 2 aromatic carbocycles. The summed E-state index contributed by atoms with van der Waals surface area (Å²) in [7, 11) is 0. The molecule has 2 aromatic rings. The molecule has 1 saturated heterocycles. The van der Waals surface area contributed by atoms with Gasteiger partial charge in [0.05, 0.1) is 23.4 Å². The van der Waals surface area contributed by atoms with Crippen molar-refractivity contribution in [1.82, 2.24) is 4.90 Å². The van der Waals surface area contributed by atoms with Gasteiger partial charge in [0.25, 0.3) is 11.8 Å². The molecule has 2 aliphatic heterocycles. The van der Waals surface area contributed by atoms with Crippen molar-refractivity contribution in [2.75, 3.05) is 18.0 Å². The number of ether oxygens (including phenoxy) is 2. The molecule has 7 nitrogen and oxygen atoms in total. The molecule has 0 aromatic heterocycles. The fraction of sp³-hybridized carbons (Fsp3) is 0.348. The zero-order chi connectivity index (χ0) is 21.5. The lowest BCUT2D eigenvalue weighted by Crippen LogP contribution is -2.36. The van der Waals surface area contributed by atoms with Crippen LogP contribution in [0.25, 0.3) is 0 Å². The van der Waals surface area contributed by atoms with Crippen LogP contribution in [0.3, 0.4) is 0 Å². The lowest BCUT2D eigenvalue weighted by Gasteiger charge is -2.24. The number of imide groups is 1. The van der Waals surface area contributed by atoms with E-state index in [9.17, 15) is 14.4 Å². The first-order valence-electron chi connectivity index (χ1n) is 9.95. The number of hydrogen-bond acceptors (Lipinski definition) is 5. The van der Waals surface area contributed by atoms with Crippen LogP contribution in [0.4, 0.5) is 10.5 Å². The van der Waals surface area contributed by atoms with E-state index in [1.807, 2.05) is 20.8 Å². The summed E-state index contributed by atoms with van der Waals surface area (Å²) in [6.45, 7) is 6.54. The van der Waals surface area contributed by atoms with Gasteiger partial charge in [-0.25, -0.2) is 9.69 Å². The minimum atomic E-state index is -0.532. The number of fused-ring (bicyclic) bond motifs is 1. The van der Waals surface area contributed by atoms with E-state index < -0.39 is 5.60 Å². The van der Waals surface area contributed by atoms with E-state index >= 15 is 0 Å². The van der Waals surface area contributed by atoms with Crippen LogP contribution in [0.5, 0.6) is 5.75 Å². The van der Waals surface area contributed by atoms with Crippen molar-refractivity contribution in [1.29, 1.82) is 0 Å². The van der Waals surface area contributed by atoms with Crippen molar-refractivity contribution in [2.45, 2.75) is 38.9 Å². The zero-order valence-electron chi connectivity index (χ0n) is 17.3. The number of hydrogen-bond donors (Lipinski definition) is 0. The van der Waals surface area contributed by atoms with Gasteiger partial charge in [-0.3, -0.25) is 9.59 Å². The predicted octanol–water partition coefficient (Wildman–Crippen LogP) is 3.88. The molecule has 156 valence electrons. The summed E-state index contributed by atoms with van der Waals surface area (Å²) in [6, 6.07) is 13.6. The number of rotatable bonds is 3. The van der Waals surface area contributed by atoms with Crippen LogP contribution >= 0.6 is 0 Å². The number of carbonyl (C=O) groups excluding carboxylic acids is 3. The van der Waals surface area contributed by atoms with Crippen molar-refractivity contribution in [3.05, 3.63) is 59.7 Å². The van der Waals surface area contributed by atoms with Crippen LogP contribution in [-0.4, -0.2) is 47.6 Å². The minimum Gasteiger partial charge on any atom is -0.489 e. The van der Waals surface area contributed by atoms with E-state index in [1.54, 1.807) is 53.4 Å².